The van der Waals surface area contributed by atoms with Crippen LogP contribution in [0.25, 0.3) is 11.3 Å². The Labute approximate surface area is 740 Å². The lowest BCUT2D eigenvalue weighted by molar-refractivity contribution is -0.384. The van der Waals surface area contributed by atoms with E-state index in [1.165, 1.54) is 17.7 Å². The Morgan fingerprint density at radius 1 is 0.373 bits per heavy atom. The van der Waals surface area contributed by atoms with E-state index in [0.717, 1.165) is 83.6 Å². The van der Waals surface area contributed by atoms with Gasteiger partial charge in [0.2, 0.25) is 17.7 Å². The molecule has 0 spiro atoms. The van der Waals surface area contributed by atoms with Crippen molar-refractivity contribution in [1.82, 2.24) is 39.2 Å². The number of rotatable bonds is 15. The van der Waals surface area contributed by atoms with Gasteiger partial charge in [0, 0.05) is 141 Å². The Morgan fingerprint density at radius 2 is 0.690 bits per heavy atom. The summed E-state index contributed by atoms with van der Waals surface area (Å²) in [5.74, 6) is 2.01. The Balaban J connectivity index is 0.000000114. The molecule has 4 saturated heterocycles. The van der Waals surface area contributed by atoms with Crippen LogP contribution in [0.3, 0.4) is 0 Å². The van der Waals surface area contributed by atoms with Gasteiger partial charge in [-0.2, -0.15) is 0 Å². The number of hydrogen-bond acceptors (Lipinski definition) is 12. The Hall–Kier alpha value is -14.1. The van der Waals surface area contributed by atoms with Crippen molar-refractivity contribution in [3.05, 3.63) is 435 Å². The van der Waals surface area contributed by atoms with E-state index in [2.05, 4.69) is 29.2 Å². The number of halogens is 2. The minimum Gasteiger partial charge on any atom is -0.497 e. The number of carbonyl (C=O) groups excluding carboxylic acids is 7. The molecule has 0 aliphatic carbocycles. The fourth-order valence-corrected chi connectivity index (χ4v) is 20.1. The second-order valence-electron chi connectivity index (χ2n) is 32.9. The SMILES string of the molecule is COc1ccc(CC(=O)N2CCN3C(=O)c4ccccc4C23c2ccc(C)cc2)cc1.Cc1ccc(CC(=O)N2CCN3C(=O)c4ccccc4C23c2ccc(C)cc2)cc1.Cc1ccc(CC(=O)N2CCN3C(=O)c4ccccc4C23c2ccc(Cl)cc2)cc1.O=C1c2ccccc2C2(c3ccc(Cl)cc3)N(Cc3ccc(-c4cccc([N+](=O)[O-])c4)o3)CCN12. The van der Waals surface area contributed by atoms with Crippen molar-refractivity contribution in [1.29, 1.82) is 0 Å². The summed E-state index contributed by atoms with van der Waals surface area (Å²) in [7, 11) is 1.62. The van der Waals surface area contributed by atoms with Crippen LogP contribution < -0.4 is 4.74 Å². The van der Waals surface area contributed by atoms with Crippen LogP contribution in [0.2, 0.25) is 10.0 Å². The van der Waals surface area contributed by atoms with Crippen molar-refractivity contribution in [3.63, 3.8) is 0 Å². The van der Waals surface area contributed by atoms with Gasteiger partial charge in [-0.15, -0.1) is 0 Å². The van der Waals surface area contributed by atoms with E-state index >= 15 is 0 Å². The van der Waals surface area contributed by atoms with Gasteiger partial charge < -0.3 is 43.5 Å². The van der Waals surface area contributed by atoms with Crippen LogP contribution in [-0.4, -0.2) is 145 Å². The van der Waals surface area contributed by atoms with Crippen molar-refractivity contribution in [2.24, 2.45) is 0 Å². The lowest BCUT2D eigenvalue weighted by atomic mass is 9.89. The monoisotopic (exact) mass is 1710 g/mol. The fourth-order valence-electron chi connectivity index (χ4n) is 19.9. The van der Waals surface area contributed by atoms with Gasteiger partial charge in [0.25, 0.3) is 29.3 Å². The molecule has 8 aliphatic rings. The van der Waals surface area contributed by atoms with E-state index in [-0.39, 0.29) is 53.5 Å². The van der Waals surface area contributed by atoms with Crippen LogP contribution in [0.1, 0.15) is 131 Å². The Kier molecular flexibility index (Phi) is 22.1. The third-order valence-corrected chi connectivity index (χ3v) is 26.2. The predicted molar refractivity (Wildman–Crippen MR) is 481 cm³/mol. The van der Waals surface area contributed by atoms with Crippen molar-refractivity contribution in [2.45, 2.75) is 76.2 Å². The van der Waals surface area contributed by atoms with E-state index in [4.69, 9.17) is 32.4 Å². The van der Waals surface area contributed by atoms with Gasteiger partial charge in [-0.05, 0) is 123 Å². The quantitative estimate of drug-likeness (QED) is 0.0693. The van der Waals surface area contributed by atoms with E-state index in [9.17, 15) is 43.7 Å². The van der Waals surface area contributed by atoms with Crippen molar-refractivity contribution in [2.75, 3.05) is 59.5 Å². The minimum absolute atomic E-state index is 0.000746. The first-order valence-electron chi connectivity index (χ1n) is 42.1. The number of methoxy groups -OCH3 is 1. The largest absolute Gasteiger partial charge is 0.497 e. The first-order valence-corrected chi connectivity index (χ1v) is 42.9. The number of nitro groups is 1. The van der Waals surface area contributed by atoms with Gasteiger partial charge in [0.15, 0.2) is 17.0 Å². The third-order valence-electron chi connectivity index (χ3n) is 25.7. The first kappa shape index (κ1) is 82.9. The van der Waals surface area contributed by atoms with Gasteiger partial charge in [-0.3, -0.25) is 48.6 Å². The molecule has 630 valence electrons. The predicted octanol–water partition coefficient (Wildman–Crippen LogP) is 17.9. The number of amides is 7. The van der Waals surface area contributed by atoms with E-state index in [0.29, 0.717) is 121 Å². The second-order valence-corrected chi connectivity index (χ2v) is 33.8. The molecule has 1 aromatic heterocycles. The fraction of sp³-hybridized carbons (Fsp3) is 0.202. The second kappa shape index (κ2) is 33.5. The molecule has 13 aromatic rings. The molecule has 22 heteroatoms. The average molecular weight is 1710 g/mol. The molecule has 20 nitrogen and oxygen atoms in total. The molecule has 21 rings (SSSR count). The summed E-state index contributed by atoms with van der Waals surface area (Å²) < 4.78 is 11.4. The number of non-ortho nitro benzene ring substituents is 1. The summed E-state index contributed by atoms with van der Waals surface area (Å²) >= 11 is 12.3. The van der Waals surface area contributed by atoms with Crippen LogP contribution in [0.5, 0.6) is 5.75 Å². The summed E-state index contributed by atoms with van der Waals surface area (Å²) in [6.45, 7) is 12.9. The molecule has 0 radical (unpaired) electrons. The summed E-state index contributed by atoms with van der Waals surface area (Å²) in [6.07, 6.45) is 0.875. The molecule has 0 N–H and O–H groups in total. The lowest BCUT2D eigenvalue weighted by Crippen LogP contribution is -2.52. The standard InChI is InChI=1S/C27H20ClN3O4.C26H24N2O3.C26H24N2O2.C25H21ClN2O2/c28-20-10-8-19(9-11-20)27-24-7-2-1-6-23(24)26(32)30(27)15-14-29(27)17-22-12-13-25(35-22)18-4-3-5-21(16-18)31(33)34;1-18-7-11-20(12-8-18)26-23-6-4-3-5-22(23)25(30)28(26)16-15-27(26)24(29)17-19-9-13-21(31-2)14-10-19;1-18-7-11-20(12-8-18)17-24(29)27-15-16-28-25(30)22-5-3-4-6-23(22)26(27,28)21-13-9-19(2)10-14-21;1-17-6-8-18(9-7-17)16-23(29)27-14-15-28-24(30)21-4-2-3-5-22(21)25(27,28)19-10-12-20(26)13-11-19/h1-13,16H,14-15,17H2;3-14H,15-17H2,1-2H3;3-14H,15-17H2,1-2H3;2-13H,14-16H2,1H3. The van der Waals surface area contributed by atoms with Gasteiger partial charge in [-0.1, -0.05) is 264 Å². The third kappa shape index (κ3) is 14.0. The van der Waals surface area contributed by atoms with Gasteiger partial charge in [-0.25, -0.2) is 0 Å². The zero-order valence-corrected chi connectivity index (χ0v) is 71.6. The number of aryl methyl sites for hydroxylation is 4. The van der Waals surface area contributed by atoms with Crippen LogP contribution in [0, 0.1) is 37.8 Å². The highest BCUT2D eigenvalue weighted by atomic mass is 35.5. The molecule has 7 amide bonds. The van der Waals surface area contributed by atoms with E-state index in [1.54, 1.807) is 19.2 Å². The lowest BCUT2D eigenvalue weighted by Gasteiger charge is -2.40. The first-order chi connectivity index (χ1) is 61.1. The van der Waals surface area contributed by atoms with Gasteiger partial charge >= 0.3 is 0 Å². The summed E-state index contributed by atoms with van der Waals surface area (Å²) in [4.78, 5) is 120. The number of carbonyl (C=O) groups is 7. The number of furan rings is 1. The van der Waals surface area contributed by atoms with Crippen LogP contribution in [0.4, 0.5) is 5.69 Å². The molecule has 12 aromatic carbocycles. The van der Waals surface area contributed by atoms with Crippen LogP contribution in [0.15, 0.2) is 308 Å². The zero-order valence-electron chi connectivity index (χ0n) is 70.1. The number of nitro benzene ring substituents is 1. The molecule has 9 heterocycles. The van der Waals surface area contributed by atoms with Crippen molar-refractivity contribution >= 4 is 70.2 Å². The Bertz CT molecular complexity index is 6270. The maximum atomic E-state index is 13.6. The van der Waals surface area contributed by atoms with Crippen molar-refractivity contribution < 1.29 is 47.6 Å². The normalized spacial score (nSPS) is 19.5. The van der Waals surface area contributed by atoms with E-state index < -0.39 is 27.6 Å². The molecule has 8 aliphatic heterocycles. The summed E-state index contributed by atoms with van der Waals surface area (Å²) in [5.41, 5.74) is 14.7. The smallest absolute Gasteiger partial charge is 0.270 e. The highest BCUT2D eigenvalue weighted by molar-refractivity contribution is 6.31. The number of hydrogen-bond donors (Lipinski definition) is 0. The topological polar surface area (TPSA) is 211 Å². The van der Waals surface area contributed by atoms with Crippen LogP contribution >= 0.6 is 23.2 Å². The Morgan fingerprint density at radius 3 is 1.06 bits per heavy atom. The van der Waals surface area contributed by atoms with Crippen molar-refractivity contribution in [3.8, 4) is 17.1 Å². The van der Waals surface area contributed by atoms with Crippen LogP contribution in [-0.2, 0) is 62.8 Å². The molecule has 4 unspecified atom stereocenters. The molecular weight excluding hydrogens is 1620 g/mol. The maximum Gasteiger partial charge on any atom is 0.270 e. The number of nitrogens with zero attached hydrogens (tertiary/aromatic N) is 9. The average Bonchev–Trinajstić information content (AvgIpc) is 1.55. The summed E-state index contributed by atoms with van der Waals surface area (Å²) in [5, 5.41) is 12.4. The molecule has 4 fully saturated rings. The zero-order chi connectivity index (χ0) is 87.5. The highest BCUT2D eigenvalue weighted by Crippen LogP contribution is 2.55. The minimum atomic E-state index is -0.931. The molecule has 126 heavy (non-hydrogen) atoms. The van der Waals surface area contributed by atoms with Gasteiger partial charge in [0.05, 0.1) is 37.8 Å². The number of benzene rings is 12. The summed E-state index contributed by atoms with van der Waals surface area (Å²) in [6, 6.07) is 95.9. The molecule has 4 atom stereocenters. The van der Waals surface area contributed by atoms with Gasteiger partial charge in [0.1, 0.15) is 22.9 Å². The molecule has 0 saturated carbocycles. The molecular formula is C104H89Cl2N9O11. The number of fused-ring (bicyclic) bond motifs is 12. The molecule has 0 bridgehead atoms. The van der Waals surface area contributed by atoms with E-state index in [1.807, 2.05) is 317 Å². The number of ether oxygens (including phenoxy) is 1. The highest BCUT2D eigenvalue weighted by Gasteiger charge is 2.63. The maximum absolute atomic E-state index is 13.6.